The fourth-order valence-corrected chi connectivity index (χ4v) is 3.72. The van der Waals surface area contributed by atoms with Gasteiger partial charge < -0.3 is 15.3 Å². The minimum Gasteiger partial charge on any atom is -0.386 e. The van der Waals surface area contributed by atoms with E-state index in [9.17, 15) is 9.90 Å². The van der Waals surface area contributed by atoms with Gasteiger partial charge >= 0.3 is 0 Å². The highest BCUT2D eigenvalue weighted by atomic mass is 16.3. The van der Waals surface area contributed by atoms with Crippen LogP contribution in [0.4, 0.5) is 0 Å². The highest BCUT2D eigenvalue weighted by Gasteiger charge is 2.49. The molecule has 0 aromatic rings. The van der Waals surface area contributed by atoms with Crippen molar-refractivity contribution < 1.29 is 9.90 Å². The lowest BCUT2D eigenvalue weighted by Gasteiger charge is -2.51. The van der Waals surface area contributed by atoms with E-state index in [1.165, 1.54) is 0 Å². The molecule has 0 aromatic heterocycles. The number of rotatable bonds is 5. The van der Waals surface area contributed by atoms with E-state index in [1.807, 2.05) is 4.90 Å². The van der Waals surface area contributed by atoms with Crippen LogP contribution in [0.2, 0.25) is 0 Å². The molecule has 2 aliphatic heterocycles. The first-order chi connectivity index (χ1) is 9.05. The average molecular weight is 268 g/mol. The summed E-state index contributed by atoms with van der Waals surface area (Å²) in [7, 11) is 0. The molecule has 0 aliphatic carbocycles. The Morgan fingerprint density at radius 1 is 1.16 bits per heavy atom. The molecule has 0 bridgehead atoms. The molecule has 2 N–H and O–H groups in total. The van der Waals surface area contributed by atoms with Crippen LogP contribution >= 0.6 is 0 Å². The summed E-state index contributed by atoms with van der Waals surface area (Å²) >= 11 is 0. The zero-order valence-electron chi connectivity index (χ0n) is 12.4. The van der Waals surface area contributed by atoms with Crippen molar-refractivity contribution in [2.24, 2.45) is 5.41 Å². The fraction of sp³-hybridized carbons (Fsp3) is 0.933. The normalized spacial score (nSPS) is 24.9. The van der Waals surface area contributed by atoms with Crippen molar-refractivity contribution in [2.45, 2.75) is 58.0 Å². The van der Waals surface area contributed by atoms with Crippen molar-refractivity contribution in [1.29, 1.82) is 0 Å². The molecule has 0 aromatic carbocycles. The molecule has 4 nitrogen and oxygen atoms in total. The average Bonchev–Trinajstić information content (AvgIpc) is 2.36. The lowest BCUT2D eigenvalue weighted by Crippen LogP contribution is -2.66. The van der Waals surface area contributed by atoms with Gasteiger partial charge in [-0.05, 0) is 38.8 Å². The van der Waals surface area contributed by atoms with Gasteiger partial charge in [-0.25, -0.2) is 0 Å². The van der Waals surface area contributed by atoms with E-state index in [0.29, 0.717) is 13.1 Å². The van der Waals surface area contributed by atoms with Gasteiger partial charge in [0.1, 0.15) is 0 Å². The standard InChI is InChI=1S/C15H28N2O2/c1-3-5-14(7-9-16-10-8-14)13(18)17-11-15(19,12-17)6-4-2/h16,19H,3-12H2,1-2H3. The van der Waals surface area contributed by atoms with Crippen LogP contribution < -0.4 is 5.32 Å². The summed E-state index contributed by atoms with van der Waals surface area (Å²) in [6.07, 6.45) is 5.71. The van der Waals surface area contributed by atoms with Crippen LogP contribution in [0.1, 0.15) is 52.4 Å². The van der Waals surface area contributed by atoms with Crippen LogP contribution in [0.5, 0.6) is 0 Å². The molecule has 0 spiro atoms. The summed E-state index contributed by atoms with van der Waals surface area (Å²) in [5.74, 6) is 0.289. The van der Waals surface area contributed by atoms with E-state index in [-0.39, 0.29) is 11.3 Å². The van der Waals surface area contributed by atoms with E-state index in [2.05, 4.69) is 19.2 Å². The predicted molar refractivity (Wildman–Crippen MR) is 75.9 cm³/mol. The Morgan fingerprint density at radius 2 is 1.74 bits per heavy atom. The number of nitrogens with zero attached hydrogens (tertiary/aromatic N) is 1. The van der Waals surface area contributed by atoms with Gasteiger partial charge in [-0.15, -0.1) is 0 Å². The molecule has 0 unspecified atom stereocenters. The Morgan fingerprint density at radius 3 is 2.26 bits per heavy atom. The molecule has 2 fully saturated rings. The van der Waals surface area contributed by atoms with Crippen LogP contribution in [0, 0.1) is 5.41 Å². The second kappa shape index (κ2) is 5.80. The predicted octanol–water partition coefficient (Wildman–Crippen LogP) is 1.53. The Kier molecular flexibility index (Phi) is 4.51. The largest absolute Gasteiger partial charge is 0.386 e. The van der Waals surface area contributed by atoms with Crippen LogP contribution in [0.25, 0.3) is 0 Å². The zero-order chi connectivity index (χ0) is 13.9. The fourth-order valence-electron chi connectivity index (χ4n) is 3.72. The maximum atomic E-state index is 12.8. The molecular weight excluding hydrogens is 240 g/mol. The van der Waals surface area contributed by atoms with Gasteiger partial charge in [0.05, 0.1) is 24.1 Å². The summed E-state index contributed by atoms with van der Waals surface area (Å²) in [4.78, 5) is 14.7. The number of amides is 1. The number of hydrogen-bond acceptors (Lipinski definition) is 3. The van der Waals surface area contributed by atoms with Crippen molar-refractivity contribution in [2.75, 3.05) is 26.2 Å². The lowest BCUT2D eigenvalue weighted by molar-refractivity contribution is -0.169. The third-order valence-corrected chi connectivity index (χ3v) is 4.72. The van der Waals surface area contributed by atoms with Gasteiger partial charge in [0.2, 0.25) is 5.91 Å². The molecule has 1 amide bonds. The number of likely N-dealkylation sites (tertiary alicyclic amines) is 1. The maximum Gasteiger partial charge on any atom is 0.229 e. The molecule has 2 heterocycles. The first kappa shape index (κ1) is 14.8. The minimum absolute atomic E-state index is 0.159. The first-order valence-corrected chi connectivity index (χ1v) is 7.78. The summed E-state index contributed by atoms with van der Waals surface area (Å²) < 4.78 is 0. The Bertz CT molecular complexity index is 313. The van der Waals surface area contributed by atoms with E-state index in [1.54, 1.807) is 0 Å². The third kappa shape index (κ3) is 2.95. The van der Waals surface area contributed by atoms with Crippen LogP contribution in [0.3, 0.4) is 0 Å². The van der Waals surface area contributed by atoms with Gasteiger partial charge in [-0.1, -0.05) is 26.7 Å². The number of aliphatic hydroxyl groups is 1. The number of nitrogens with one attached hydrogen (secondary N) is 1. The van der Waals surface area contributed by atoms with E-state index in [0.717, 1.165) is 51.6 Å². The molecule has 0 radical (unpaired) electrons. The third-order valence-electron chi connectivity index (χ3n) is 4.72. The molecule has 0 saturated carbocycles. The molecule has 2 saturated heterocycles. The van der Waals surface area contributed by atoms with Crippen LogP contribution in [-0.2, 0) is 4.79 Å². The van der Waals surface area contributed by atoms with E-state index >= 15 is 0 Å². The monoisotopic (exact) mass is 268 g/mol. The summed E-state index contributed by atoms with van der Waals surface area (Å²) in [5, 5.41) is 13.6. The second-order valence-corrected chi connectivity index (χ2v) is 6.42. The highest BCUT2D eigenvalue weighted by molar-refractivity contribution is 5.84. The first-order valence-electron chi connectivity index (χ1n) is 7.78. The number of hydrogen-bond donors (Lipinski definition) is 2. The summed E-state index contributed by atoms with van der Waals surface area (Å²) in [6, 6.07) is 0. The molecule has 0 atom stereocenters. The molecule has 110 valence electrons. The SMILES string of the molecule is CCCC1(O)CN(C(=O)C2(CCC)CCNCC2)C1. The molecule has 2 rings (SSSR count). The Balaban J connectivity index is 1.98. The van der Waals surface area contributed by atoms with Gasteiger partial charge in [-0.3, -0.25) is 4.79 Å². The van der Waals surface area contributed by atoms with Crippen molar-refractivity contribution in [1.82, 2.24) is 10.2 Å². The number of carbonyl (C=O) groups excluding carboxylic acids is 1. The van der Waals surface area contributed by atoms with Crippen molar-refractivity contribution in [3.63, 3.8) is 0 Å². The topological polar surface area (TPSA) is 52.6 Å². The van der Waals surface area contributed by atoms with Gasteiger partial charge in [-0.2, -0.15) is 0 Å². The molecule has 19 heavy (non-hydrogen) atoms. The van der Waals surface area contributed by atoms with Crippen molar-refractivity contribution in [3.05, 3.63) is 0 Å². The minimum atomic E-state index is -0.606. The zero-order valence-corrected chi connectivity index (χ0v) is 12.4. The van der Waals surface area contributed by atoms with Gasteiger partial charge in [0.25, 0.3) is 0 Å². The van der Waals surface area contributed by atoms with Crippen LogP contribution in [-0.4, -0.2) is 47.7 Å². The summed E-state index contributed by atoms with van der Waals surface area (Å²) in [6.45, 7) is 7.20. The number of carbonyl (C=O) groups is 1. The van der Waals surface area contributed by atoms with Crippen LogP contribution in [0.15, 0.2) is 0 Å². The van der Waals surface area contributed by atoms with Crippen molar-refractivity contribution >= 4 is 5.91 Å². The van der Waals surface area contributed by atoms with Gasteiger partial charge in [0, 0.05) is 0 Å². The van der Waals surface area contributed by atoms with E-state index in [4.69, 9.17) is 0 Å². The maximum absolute atomic E-state index is 12.8. The number of piperidine rings is 1. The Labute approximate surface area is 116 Å². The molecular formula is C15H28N2O2. The van der Waals surface area contributed by atoms with Gasteiger partial charge in [0.15, 0.2) is 0 Å². The summed E-state index contributed by atoms with van der Waals surface area (Å²) in [5.41, 5.74) is -0.766. The molecule has 4 heteroatoms. The van der Waals surface area contributed by atoms with Crippen molar-refractivity contribution in [3.8, 4) is 0 Å². The second-order valence-electron chi connectivity index (χ2n) is 6.42. The quantitative estimate of drug-likeness (QED) is 0.795. The highest BCUT2D eigenvalue weighted by Crippen LogP contribution is 2.39. The Hall–Kier alpha value is -0.610. The van der Waals surface area contributed by atoms with E-state index < -0.39 is 5.60 Å². The lowest BCUT2D eigenvalue weighted by atomic mass is 9.72. The number of β-amino-alcohol motifs (C(OH)–C–C–N with tert-alkyl or cyclic N) is 1. The smallest absolute Gasteiger partial charge is 0.229 e. The molecule has 2 aliphatic rings.